The average molecular weight is 277 g/mol. The predicted molar refractivity (Wildman–Crippen MR) is 76.0 cm³/mol. The van der Waals surface area contributed by atoms with Crippen molar-refractivity contribution in [3.8, 4) is 5.75 Å². The smallest absolute Gasteiger partial charge is 0.164 e. The molecule has 1 N–H and O–H groups in total. The SMILES string of the molecule is CCOc1ccccc1NC(C)c1cccc(F)c1F. The fraction of sp³-hybridized carbons (Fsp3) is 0.250. The molecule has 4 heteroatoms. The van der Waals surface area contributed by atoms with Crippen LogP contribution >= 0.6 is 0 Å². The van der Waals surface area contributed by atoms with Gasteiger partial charge in [-0.05, 0) is 32.0 Å². The first-order chi connectivity index (χ1) is 9.63. The maximum Gasteiger partial charge on any atom is 0.164 e. The standard InChI is InChI=1S/C16H17F2NO/c1-3-20-15-10-5-4-9-14(15)19-11(2)12-7-6-8-13(17)16(12)18/h4-11,19H,3H2,1-2H3. The maximum atomic E-state index is 13.8. The summed E-state index contributed by atoms with van der Waals surface area (Å²) in [6, 6.07) is 11.2. The Morgan fingerprint density at radius 1 is 1.10 bits per heavy atom. The molecule has 0 saturated carbocycles. The van der Waals surface area contributed by atoms with Crippen LogP contribution in [0.2, 0.25) is 0 Å². The van der Waals surface area contributed by atoms with Crippen LogP contribution in [-0.4, -0.2) is 6.61 Å². The van der Waals surface area contributed by atoms with E-state index >= 15 is 0 Å². The Morgan fingerprint density at radius 2 is 1.85 bits per heavy atom. The number of nitrogens with one attached hydrogen (secondary N) is 1. The van der Waals surface area contributed by atoms with Crippen LogP contribution in [0, 0.1) is 11.6 Å². The third-order valence-electron chi connectivity index (χ3n) is 3.01. The summed E-state index contributed by atoms with van der Waals surface area (Å²) in [6.07, 6.45) is 0. The Balaban J connectivity index is 2.23. The summed E-state index contributed by atoms with van der Waals surface area (Å²) in [5.41, 5.74) is 1.04. The number of rotatable bonds is 5. The van der Waals surface area contributed by atoms with Gasteiger partial charge in [0.15, 0.2) is 11.6 Å². The van der Waals surface area contributed by atoms with Crippen molar-refractivity contribution >= 4 is 5.69 Å². The second-order valence-electron chi connectivity index (χ2n) is 4.44. The molecule has 0 aromatic heterocycles. The van der Waals surface area contributed by atoms with Gasteiger partial charge >= 0.3 is 0 Å². The van der Waals surface area contributed by atoms with Gasteiger partial charge in [0, 0.05) is 5.56 Å². The fourth-order valence-electron chi connectivity index (χ4n) is 2.03. The van der Waals surface area contributed by atoms with E-state index < -0.39 is 11.6 Å². The number of anilines is 1. The van der Waals surface area contributed by atoms with Crippen LogP contribution in [0.1, 0.15) is 25.5 Å². The van der Waals surface area contributed by atoms with Gasteiger partial charge in [-0.2, -0.15) is 0 Å². The van der Waals surface area contributed by atoms with Gasteiger partial charge in [0.2, 0.25) is 0 Å². The minimum absolute atomic E-state index is 0.288. The fourth-order valence-corrected chi connectivity index (χ4v) is 2.03. The van der Waals surface area contributed by atoms with Crippen molar-refractivity contribution in [2.45, 2.75) is 19.9 Å². The lowest BCUT2D eigenvalue weighted by atomic mass is 10.1. The van der Waals surface area contributed by atoms with Gasteiger partial charge in [-0.1, -0.05) is 24.3 Å². The van der Waals surface area contributed by atoms with Crippen LogP contribution in [0.25, 0.3) is 0 Å². The van der Waals surface area contributed by atoms with E-state index in [1.807, 2.05) is 31.2 Å². The number of hydrogen-bond acceptors (Lipinski definition) is 2. The average Bonchev–Trinajstić information content (AvgIpc) is 2.44. The van der Waals surface area contributed by atoms with Crippen LogP contribution in [0.15, 0.2) is 42.5 Å². The first-order valence-corrected chi connectivity index (χ1v) is 6.55. The van der Waals surface area contributed by atoms with Crippen LogP contribution in [0.5, 0.6) is 5.75 Å². The number of hydrogen-bond donors (Lipinski definition) is 1. The number of para-hydroxylation sites is 2. The summed E-state index contributed by atoms with van der Waals surface area (Å²) < 4.78 is 32.5. The molecule has 2 aromatic carbocycles. The largest absolute Gasteiger partial charge is 0.492 e. The molecule has 0 aliphatic rings. The highest BCUT2D eigenvalue weighted by atomic mass is 19.2. The van der Waals surface area contributed by atoms with Gasteiger partial charge in [-0.25, -0.2) is 8.78 Å². The van der Waals surface area contributed by atoms with Gasteiger partial charge in [-0.15, -0.1) is 0 Å². The molecule has 0 saturated heterocycles. The van der Waals surface area contributed by atoms with Crippen molar-refractivity contribution in [2.75, 3.05) is 11.9 Å². The van der Waals surface area contributed by atoms with Crippen molar-refractivity contribution in [1.82, 2.24) is 0 Å². The van der Waals surface area contributed by atoms with Crippen molar-refractivity contribution in [2.24, 2.45) is 0 Å². The van der Waals surface area contributed by atoms with Gasteiger partial charge in [0.25, 0.3) is 0 Å². The van der Waals surface area contributed by atoms with E-state index in [0.29, 0.717) is 12.4 Å². The molecule has 0 aliphatic heterocycles. The number of halogens is 2. The zero-order valence-electron chi connectivity index (χ0n) is 11.5. The quantitative estimate of drug-likeness (QED) is 0.866. The molecule has 2 nitrogen and oxygen atoms in total. The van der Waals surface area contributed by atoms with Crippen molar-refractivity contribution in [3.63, 3.8) is 0 Å². The monoisotopic (exact) mass is 277 g/mol. The zero-order valence-corrected chi connectivity index (χ0v) is 11.5. The summed E-state index contributed by atoms with van der Waals surface area (Å²) in [5, 5.41) is 3.15. The molecular weight excluding hydrogens is 260 g/mol. The highest BCUT2D eigenvalue weighted by Gasteiger charge is 2.15. The lowest BCUT2D eigenvalue weighted by Crippen LogP contribution is -2.10. The molecule has 0 bridgehead atoms. The summed E-state index contributed by atoms with van der Waals surface area (Å²) in [4.78, 5) is 0. The zero-order chi connectivity index (χ0) is 14.5. The molecule has 106 valence electrons. The highest BCUT2D eigenvalue weighted by Crippen LogP contribution is 2.29. The summed E-state index contributed by atoms with van der Waals surface area (Å²) in [7, 11) is 0. The van der Waals surface area contributed by atoms with Crippen LogP contribution in [0.4, 0.5) is 14.5 Å². The van der Waals surface area contributed by atoms with Gasteiger partial charge in [0.05, 0.1) is 18.3 Å². The van der Waals surface area contributed by atoms with E-state index in [1.54, 1.807) is 13.0 Å². The van der Waals surface area contributed by atoms with E-state index in [2.05, 4.69) is 5.32 Å². The second-order valence-corrected chi connectivity index (χ2v) is 4.44. The Bertz CT molecular complexity index is 586. The predicted octanol–water partition coefficient (Wildman–Crippen LogP) is 4.54. The van der Waals surface area contributed by atoms with E-state index in [9.17, 15) is 8.78 Å². The Morgan fingerprint density at radius 3 is 2.60 bits per heavy atom. The van der Waals surface area contributed by atoms with Gasteiger partial charge in [0.1, 0.15) is 5.75 Å². The molecule has 0 spiro atoms. The summed E-state index contributed by atoms with van der Waals surface area (Å²) in [6.45, 7) is 4.22. The minimum atomic E-state index is -0.839. The third kappa shape index (κ3) is 3.07. The molecule has 0 radical (unpaired) electrons. The molecule has 2 aromatic rings. The lowest BCUT2D eigenvalue weighted by Gasteiger charge is -2.19. The molecule has 0 fully saturated rings. The summed E-state index contributed by atoms with van der Waals surface area (Å²) in [5.74, 6) is -0.964. The van der Waals surface area contributed by atoms with Gasteiger partial charge < -0.3 is 10.1 Å². The summed E-state index contributed by atoms with van der Waals surface area (Å²) >= 11 is 0. The third-order valence-corrected chi connectivity index (χ3v) is 3.01. The molecule has 1 atom stereocenters. The normalized spacial score (nSPS) is 12.0. The maximum absolute atomic E-state index is 13.8. The molecule has 0 aliphatic carbocycles. The minimum Gasteiger partial charge on any atom is -0.492 e. The number of ether oxygens (including phenoxy) is 1. The first kappa shape index (κ1) is 14.3. The molecular formula is C16H17F2NO. The lowest BCUT2D eigenvalue weighted by molar-refractivity contribution is 0.341. The number of benzene rings is 2. The highest BCUT2D eigenvalue weighted by molar-refractivity contribution is 5.57. The van der Waals surface area contributed by atoms with Crippen molar-refractivity contribution in [3.05, 3.63) is 59.7 Å². The van der Waals surface area contributed by atoms with Crippen molar-refractivity contribution < 1.29 is 13.5 Å². The van der Waals surface area contributed by atoms with Crippen LogP contribution in [0.3, 0.4) is 0 Å². The van der Waals surface area contributed by atoms with Gasteiger partial charge in [-0.3, -0.25) is 0 Å². The van der Waals surface area contributed by atoms with E-state index in [1.165, 1.54) is 6.07 Å². The molecule has 2 rings (SSSR count). The molecule has 1 unspecified atom stereocenters. The molecule has 0 heterocycles. The Labute approximate surface area is 117 Å². The second kappa shape index (κ2) is 6.37. The van der Waals surface area contributed by atoms with E-state index in [0.717, 1.165) is 11.8 Å². The van der Waals surface area contributed by atoms with E-state index in [-0.39, 0.29) is 11.6 Å². The van der Waals surface area contributed by atoms with Crippen LogP contribution < -0.4 is 10.1 Å². The first-order valence-electron chi connectivity index (χ1n) is 6.55. The Hall–Kier alpha value is -2.10. The topological polar surface area (TPSA) is 21.3 Å². The molecule has 20 heavy (non-hydrogen) atoms. The van der Waals surface area contributed by atoms with Crippen LogP contribution in [-0.2, 0) is 0 Å². The molecule has 0 amide bonds. The Kier molecular flexibility index (Phi) is 4.56. The van der Waals surface area contributed by atoms with E-state index in [4.69, 9.17) is 4.74 Å². The van der Waals surface area contributed by atoms with Crippen molar-refractivity contribution in [1.29, 1.82) is 0 Å².